The Hall–Kier alpha value is -2.04. The summed E-state index contributed by atoms with van der Waals surface area (Å²) in [6.07, 6.45) is 3.40. The van der Waals surface area contributed by atoms with Crippen molar-refractivity contribution in [3.8, 4) is 0 Å². The summed E-state index contributed by atoms with van der Waals surface area (Å²) in [6.45, 7) is 2.73. The molecule has 1 atom stereocenters. The van der Waals surface area contributed by atoms with Gasteiger partial charge in [-0.2, -0.15) is 0 Å². The van der Waals surface area contributed by atoms with Crippen molar-refractivity contribution in [1.29, 1.82) is 0 Å². The number of carboxylic acid groups (broad SMARTS) is 1. The van der Waals surface area contributed by atoms with Crippen LogP contribution < -0.4 is 5.32 Å². The number of carbonyl (C=O) groups excluding carboxylic acids is 1. The molecule has 0 aromatic heterocycles. The third-order valence-electron chi connectivity index (χ3n) is 4.64. The largest absolute Gasteiger partial charge is 0.481 e. The van der Waals surface area contributed by atoms with Crippen LogP contribution in [0.15, 0.2) is 18.2 Å². The zero-order valence-electron chi connectivity index (χ0n) is 12.1. The highest BCUT2D eigenvalue weighted by atomic mass is 16.4. The first-order chi connectivity index (χ1) is 10.0. The van der Waals surface area contributed by atoms with Crippen molar-refractivity contribution in [1.82, 2.24) is 4.90 Å². The summed E-state index contributed by atoms with van der Waals surface area (Å²) < 4.78 is 0. The average molecular weight is 288 g/mol. The molecule has 2 amide bonds. The molecular formula is C16H20N2O3. The second-order valence-corrected chi connectivity index (χ2v) is 6.06. The SMILES string of the molecule is CC(C(=O)O)C1CN(C(=O)Nc2ccc3c(c2)CCC3)C1. The highest BCUT2D eigenvalue weighted by Gasteiger charge is 2.37. The van der Waals surface area contributed by atoms with Crippen molar-refractivity contribution in [2.75, 3.05) is 18.4 Å². The molecule has 1 aromatic rings. The Bertz CT molecular complexity index is 579. The summed E-state index contributed by atoms with van der Waals surface area (Å²) in [5.74, 6) is -1.12. The molecule has 5 heteroatoms. The van der Waals surface area contributed by atoms with Crippen LogP contribution in [0.2, 0.25) is 0 Å². The number of nitrogens with one attached hydrogen (secondary N) is 1. The van der Waals surface area contributed by atoms with E-state index in [1.165, 1.54) is 17.5 Å². The number of hydrogen-bond acceptors (Lipinski definition) is 2. The van der Waals surface area contributed by atoms with Crippen LogP contribution in [-0.2, 0) is 17.6 Å². The lowest BCUT2D eigenvalue weighted by molar-refractivity contribution is -0.144. The maximum Gasteiger partial charge on any atom is 0.321 e. The van der Waals surface area contributed by atoms with Crippen LogP contribution in [0.1, 0.15) is 24.5 Å². The van der Waals surface area contributed by atoms with Crippen LogP contribution in [0.4, 0.5) is 10.5 Å². The molecule has 3 rings (SSSR count). The standard InChI is InChI=1S/C16H20N2O3/c1-10(15(19)20)13-8-18(9-13)16(21)17-14-6-5-11-3-2-4-12(11)7-14/h5-7,10,13H,2-4,8-9H2,1H3,(H,17,21)(H,19,20). The number of fused-ring (bicyclic) bond motifs is 1. The Balaban J connectivity index is 1.55. The predicted octanol–water partition coefficient (Wildman–Crippen LogP) is 2.36. The molecule has 1 aliphatic heterocycles. The number of nitrogens with zero attached hydrogens (tertiary/aromatic N) is 1. The molecule has 0 saturated carbocycles. The monoisotopic (exact) mass is 288 g/mol. The Morgan fingerprint density at radius 2 is 2.00 bits per heavy atom. The quantitative estimate of drug-likeness (QED) is 0.897. The van der Waals surface area contributed by atoms with E-state index < -0.39 is 11.9 Å². The smallest absolute Gasteiger partial charge is 0.321 e. The molecule has 0 radical (unpaired) electrons. The highest BCUT2D eigenvalue weighted by Crippen LogP contribution is 2.27. The lowest BCUT2D eigenvalue weighted by Crippen LogP contribution is -2.54. The van der Waals surface area contributed by atoms with Crippen molar-refractivity contribution in [3.63, 3.8) is 0 Å². The number of rotatable bonds is 3. The van der Waals surface area contributed by atoms with Crippen LogP contribution in [0.5, 0.6) is 0 Å². The van der Waals surface area contributed by atoms with E-state index in [-0.39, 0.29) is 11.9 Å². The summed E-state index contributed by atoms with van der Waals surface area (Å²) in [6, 6.07) is 5.95. The van der Waals surface area contributed by atoms with E-state index in [9.17, 15) is 9.59 Å². The van der Waals surface area contributed by atoms with E-state index in [0.29, 0.717) is 13.1 Å². The first kappa shape index (κ1) is 13.9. The fourth-order valence-electron chi connectivity index (χ4n) is 3.05. The van der Waals surface area contributed by atoms with Gasteiger partial charge >= 0.3 is 12.0 Å². The molecule has 1 fully saturated rings. The van der Waals surface area contributed by atoms with E-state index in [0.717, 1.165) is 18.5 Å². The third kappa shape index (κ3) is 2.73. The van der Waals surface area contributed by atoms with Crippen LogP contribution in [0, 0.1) is 11.8 Å². The first-order valence-electron chi connectivity index (χ1n) is 7.45. The van der Waals surface area contributed by atoms with E-state index in [2.05, 4.69) is 17.4 Å². The zero-order chi connectivity index (χ0) is 15.0. The molecule has 1 unspecified atom stereocenters. The number of carboxylic acids is 1. The van der Waals surface area contributed by atoms with Crippen LogP contribution in [0.3, 0.4) is 0 Å². The number of carbonyl (C=O) groups is 2. The summed E-state index contributed by atoms with van der Waals surface area (Å²) >= 11 is 0. The number of likely N-dealkylation sites (tertiary alicyclic amines) is 1. The van der Waals surface area contributed by atoms with Crippen molar-refractivity contribution in [2.24, 2.45) is 11.8 Å². The van der Waals surface area contributed by atoms with E-state index >= 15 is 0 Å². The van der Waals surface area contributed by atoms with Gasteiger partial charge in [-0.1, -0.05) is 13.0 Å². The van der Waals surface area contributed by atoms with Gasteiger partial charge in [0.1, 0.15) is 0 Å². The van der Waals surface area contributed by atoms with Gasteiger partial charge in [-0.05, 0) is 42.5 Å². The summed E-state index contributed by atoms with van der Waals surface area (Å²) in [7, 11) is 0. The van der Waals surface area contributed by atoms with Gasteiger partial charge in [-0.25, -0.2) is 4.79 Å². The van der Waals surface area contributed by atoms with Crippen LogP contribution in [0.25, 0.3) is 0 Å². The van der Waals surface area contributed by atoms with E-state index in [1.807, 2.05) is 6.07 Å². The topological polar surface area (TPSA) is 69.6 Å². The van der Waals surface area contributed by atoms with Crippen molar-refractivity contribution >= 4 is 17.7 Å². The number of amides is 2. The van der Waals surface area contributed by atoms with E-state index in [4.69, 9.17) is 5.11 Å². The minimum Gasteiger partial charge on any atom is -0.481 e. The van der Waals surface area contributed by atoms with Gasteiger partial charge < -0.3 is 15.3 Å². The summed E-state index contributed by atoms with van der Waals surface area (Å²) in [5.41, 5.74) is 3.54. The lowest BCUT2D eigenvalue weighted by Gasteiger charge is -2.41. The molecule has 112 valence electrons. The Kier molecular flexibility index (Phi) is 3.57. The summed E-state index contributed by atoms with van der Waals surface area (Å²) in [4.78, 5) is 24.7. The van der Waals surface area contributed by atoms with Crippen LogP contribution >= 0.6 is 0 Å². The number of aliphatic carboxylic acids is 1. The lowest BCUT2D eigenvalue weighted by atomic mass is 9.87. The Morgan fingerprint density at radius 1 is 1.29 bits per heavy atom. The van der Waals surface area contributed by atoms with Crippen molar-refractivity contribution in [2.45, 2.75) is 26.2 Å². The fraction of sp³-hybridized carbons (Fsp3) is 0.500. The second-order valence-electron chi connectivity index (χ2n) is 6.06. The normalized spacial score (nSPS) is 18.8. The van der Waals surface area contributed by atoms with Gasteiger partial charge in [-0.3, -0.25) is 4.79 Å². The summed E-state index contributed by atoms with van der Waals surface area (Å²) in [5, 5.41) is 11.8. The Morgan fingerprint density at radius 3 is 2.71 bits per heavy atom. The molecule has 1 aliphatic carbocycles. The zero-order valence-corrected chi connectivity index (χ0v) is 12.1. The second kappa shape index (κ2) is 5.39. The van der Waals surface area contributed by atoms with Crippen molar-refractivity contribution in [3.05, 3.63) is 29.3 Å². The molecular weight excluding hydrogens is 268 g/mol. The number of anilines is 1. The number of benzene rings is 1. The maximum absolute atomic E-state index is 12.1. The first-order valence-corrected chi connectivity index (χ1v) is 7.45. The highest BCUT2D eigenvalue weighted by molar-refractivity contribution is 5.90. The average Bonchev–Trinajstić information content (AvgIpc) is 2.84. The van der Waals surface area contributed by atoms with Gasteiger partial charge in [0.15, 0.2) is 0 Å². The third-order valence-corrected chi connectivity index (χ3v) is 4.64. The van der Waals surface area contributed by atoms with Gasteiger partial charge in [0.25, 0.3) is 0 Å². The van der Waals surface area contributed by atoms with Gasteiger partial charge in [-0.15, -0.1) is 0 Å². The minimum atomic E-state index is -0.793. The van der Waals surface area contributed by atoms with Crippen molar-refractivity contribution < 1.29 is 14.7 Å². The number of urea groups is 1. The molecule has 2 aliphatic rings. The predicted molar refractivity (Wildman–Crippen MR) is 79.3 cm³/mol. The minimum absolute atomic E-state index is 0.0632. The van der Waals surface area contributed by atoms with E-state index in [1.54, 1.807) is 11.8 Å². The maximum atomic E-state index is 12.1. The molecule has 0 bridgehead atoms. The van der Waals surface area contributed by atoms with Crippen LogP contribution in [-0.4, -0.2) is 35.1 Å². The molecule has 21 heavy (non-hydrogen) atoms. The number of aryl methyl sites for hydroxylation is 2. The molecule has 1 heterocycles. The van der Waals surface area contributed by atoms with Gasteiger partial charge in [0.2, 0.25) is 0 Å². The molecule has 0 spiro atoms. The molecule has 1 aromatic carbocycles. The fourth-order valence-corrected chi connectivity index (χ4v) is 3.05. The Labute approximate surface area is 123 Å². The van der Waals surface area contributed by atoms with Gasteiger partial charge in [0, 0.05) is 24.7 Å². The molecule has 1 saturated heterocycles. The number of hydrogen-bond donors (Lipinski definition) is 2. The molecule has 5 nitrogen and oxygen atoms in total. The van der Waals surface area contributed by atoms with Gasteiger partial charge in [0.05, 0.1) is 5.92 Å². The molecule has 2 N–H and O–H groups in total.